The molecule has 0 saturated carbocycles. The monoisotopic (exact) mass is 414 g/mol. The maximum Gasteiger partial charge on any atom is 0.573 e. The summed E-state index contributed by atoms with van der Waals surface area (Å²) in [5.74, 6) is -1.32. The summed E-state index contributed by atoms with van der Waals surface area (Å²) in [6, 6.07) is 10.5. The number of alkyl halides is 3. The average molecular weight is 414 g/mol. The van der Waals surface area contributed by atoms with Gasteiger partial charge in [-0.25, -0.2) is 8.42 Å². The van der Waals surface area contributed by atoms with Gasteiger partial charge in [-0.05, 0) is 43.2 Å². The van der Waals surface area contributed by atoms with E-state index in [0.717, 1.165) is 18.9 Å². The number of hydrogen-bond donors (Lipinski definition) is 1. The van der Waals surface area contributed by atoms with Crippen molar-refractivity contribution in [3.8, 4) is 5.75 Å². The number of carbonyl (C=O) groups excluding carboxylic acids is 1. The molecule has 1 N–H and O–H groups in total. The zero-order valence-electron chi connectivity index (χ0n) is 14.6. The van der Waals surface area contributed by atoms with E-state index < -0.39 is 28.0 Å². The number of nitrogens with one attached hydrogen (secondary N) is 1. The van der Waals surface area contributed by atoms with Crippen LogP contribution in [0.4, 0.5) is 18.9 Å². The highest BCUT2D eigenvalue weighted by Crippen LogP contribution is 2.30. The summed E-state index contributed by atoms with van der Waals surface area (Å²) < 4.78 is 68.0. The summed E-state index contributed by atoms with van der Waals surface area (Å²) in [6.07, 6.45) is -3.37. The van der Waals surface area contributed by atoms with Gasteiger partial charge < -0.3 is 10.1 Å². The molecule has 0 spiro atoms. The lowest BCUT2D eigenvalue weighted by molar-refractivity contribution is -0.274. The summed E-state index contributed by atoms with van der Waals surface area (Å²) in [4.78, 5) is 12.4. The van der Waals surface area contributed by atoms with Crippen molar-refractivity contribution >= 4 is 21.6 Å². The van der Waals surface area contributed by atoms with Crippen LogP contribution in [-0.4, -0.2) is 38.1 Å². The molecule has 28 heavy (non-hydrogen) atoms. The second kappa shape index (κ2) is 7.80. The van der Waals surface area contributed by atoms with E-state index in [-0.39, 0.29) is 16.1 Å². The fourth-order valence-corrected chi connectivity index (χ4v) is 4.42. The van der Waals surface area contributed by atoms with Gasteiger partial charge in [0.15, 0.2) is 5.75 Å². The van der Waals surface area contributed by atoms with Crippen molar-refractivity contribution in [2.45, 2.75) is 24.1 Å². The number of benzene rings is 2. The highest BCUT2D eigenvalue weighted by atomic mass is 32.2. The molecule has 0 radical (unpaired) electrons. The number of nitrogens with zero attached hydrogens (tertiary/aromatic N) is 1. The SMILES string of the molecule is O=C(Nc1ccccc1OC(F)(F)F)c1cccc(S(=O)(=O)N2CCCC2)c1. The topological polar surface area (TPSA) is 75.7 Å². The predicted octanol–water partition coefficient (Wildman–Crippen LogP) is 3.62. The quantitative estimate of drug-likeness (QED) is 0.811. The van der Waals surface area contributed by atoms with Gasteiger partial charge >= 0.3 is 6.36 Å². The first-order chi connectivity index (χ1) is 13.2. The largest absolute Gasteiger partial charge is 0.573 e. The molecule has 150 valence electrons. The number of sulfonamides is 1. The van der Waals surface area contributed by atoms with Gasteiger partial charge in [0.2, 0.25) is 10.0 Å². The third kappa shape index (κ3) is 4.63. The minimum Gasteiger partial charge on any atom is -0.404 e. The second-order valence-electron chi connectivity index (χ2n) is 6.14. The van der Waals surface area contributed by atoms with Crippen LogP contribution in [0.15, 0.2) is 53.4 Å². The van der Waals surface area contributed by atoms with Gasteiger partial charge in [-0.3, -0.25) is 4.79 Å². The van der Waals surface area contributed by atoms with Crippen LogP contribution in [0.1, 0.15) is 23.2 Å². The van der Waals surface area contributed by atoms with Crippen LogP contribution in [0.25, 0.3) is 0 Å². The summed E-state index contributed by atoms with van der Waals surface area (Å²) in [6.45, 7) is 0.835. The highest BCUT2D eigenvalue weighted by molar-refractivity contribution is 7.89. The maximum atomic E-state index is 12.6. The van der Waals surface area contributed by atoms with Crippen molar-refractivity contribution < 1.29 is 31.1 Å². The predicted molar refractivity (Wildman–Crippen MR) is 95.5 cm³/mol. The standard InChI is InChI=1S/C18H17F3N2O4S/c19-18(20,21)27-16-9-2-1-8-15(16)22-17(24)13-6-5-7-14(12-13)28(25,26)23-10-3-4-11-23/h1-2,5-9,12H,3-4,10-11H2,(H,22,24). The van der Waals surface area contributed by atoms with E-state index in [1.807, 2.05) is 0 Å². The summed E-state index contributed by atoms with van der Waals surface area (Å²) in [5.41, 5.74) is -0.181. The van der Waals surface area contributed by atoms with Crippen LogP contribution in [-0.2, 0) is 10.0 Å². The zero-order chi connectivity index (χ0) is 20.4. The molecule has 1 heterocycles. The lowest BCUT2D eigenvalue weighted by Gasteiger charge is -2.16. The minimum absolute atomic E-state index is 0.00193. The van der Waals surface area contributed by atoms with Gasteiger partial charge in [0.1, 0.15) is 0 Å². The Kier molecular flexibility index (Phi) is 5.61. The third-order valence-electron chi connectivity index (χ3n) is 4.16. The van der Waals surface area contributed by atoms with Crippen molar-refractivity contribution in [3.05, 3.63) is 54.1 Å². The molecule has 1 aliphatic rings. The molecule has 1 aliphatic heterocycles. The minimum atomic E-state index is -4.91. The first-order valence-electron chi connectivity index (χ1n) is 8.43. The Bertz CT molecular complexity index is 971. The fourth-order valence-electron chi connectivity index (χ4n) is 2.85. The Balaban J connectivity index is 1.83. The molecule has 2 aromatic carbocycles. The molecule has 0 bridgehead atoms. The molecule has 3 rings (SSSR count). The summed E-state index contributed by atoms with van der Waals surface area (Å²) in [5, 5.41) is 2.33. The molecule has 2 aromatic rings. The Morgan fingerprint density at radius 1 is 1.04 bits per heavy atom. The third-order valence-corrected chi connectivity index (χ3v) is 6.05. The Labute approximate surface area is 160 Å². The van der Waals surface area contributed by atoms with Crippen molar-refractivity contribution in [2.24, 2.45) is 0 Å². The average Bonchev–Trinajstić information content (AvgIpc) is 3.18. The molecule has 0 aliphatic carbocycles. The van der Waals surface area contributed by atoms with Crippen molar-refractivity contribution in [2.75, 3.05) is 18.4 Å². The number of amides is 1. The fraction of sp³-hybridized carbons (Fsp3) is 0.278. The van der Waals surface area contributed by atoms with Gasteiger partial charge in [-0.1, -0.05) is 18.2 Å². The van der Waals surface area contributed by atoms with Gasteiger partial charge in [-0.15, -0.1) is 13.2 Å². The van der Waals surface area contributed by atoms with Crippen LogP contribution in [0.5, 0.6) is 5.75 Å². The molecule has 1 saturated heterocycles. The molecule has 0 unspecified atom stereocenters. The molecule has 1 amide bonds. The number of anilines is 1. The second-order valence-corrected chi connectivity index (χ2v) is 8.08. The molecule has 0 atom stereocenters. The lowest BCUT2D eigenvalue weighted by Crippen LogP contribution is -2.28. The zero-order valence-corrected chi connectivity index (χ0v) is 15.4. The molecular weight excluding hydrogens is 397 g/mol. The number of carbonyl (C=O) groups is 1. The van der Waals surface area contributed by atoms with E-state index in [1.54, 1.807) is 0 Å². The van der Waals surface area contributed by atoms with Gasteiger partial charge in [-0.2, -0.15) is 4.31 Å². The molecular formula is C18H17F3N2O4S. The van der Waals surface area contributed by atoms with Crippen molar-refractivity contribution in [3.63, 3.8) is 0 Å². The number of rotatable bonds is 5. The van der Waals surface area contributed by atoms with Gasteiger partial charge in [0.25, 0.3) is 5.91 Å². The number of para-hydroxylation sites is 2. The van der Waals surface area contributed by atoms with E-state index in [1.165, 1.54) is 46.8 Å². The maximum absolute atomic E-state index is 12.6. The Morgan fingerprint density at radius 3 is 2.39 bits per heavy atom. The Morgan fingerprint density at radius 2 is 1.71 bits per heavy atom. The van der Waals surface area contributed by atoms with E-state index in [2.05, 4.69) is 10.1 Å². The number of hydrogen-bond acceptors (Lipinski definition) is 4. The highest BCUT2D eigenvalue weighted by Gasteiger charge is 2.32. The van der Waals surface area contributed by atoms with Crippen LogP contribution >= 0.6 is 0 Å². The normalized spacial score (nSPS) is 15.4. The summed E-state index contributed by atoms with van der Waals surface area (Å²) >= 11 is 0. The van der Waals surface area contributed by atoms with Crippen molar-refractivity contribution in [1.82, 2.24) is 4.31 Å². The van der Waals surface area contributed by atoms with Crippen LogP contribution in [0.2, 0.25) is 0 Å². The van der Waals surface area contributed by atoms with Crippen LogP contribution in [0.3, 0.4) is 0 Å². The first kappa shape index (κ1) is 20.2. The number of halogens is 3. The molecule has 10 heteroatoms. The summed E-state index contributed by atoms with van der Waals surface area (Å²) in [7, 11) is -3.72. The van der Waals surface area contributed by atoms with E-state index in [4.69, 9.17) is 0 Å². The van der Waals surface area contributed by atoms with Crippen LogP contribution in [0, 0.1) is 0 Å². The molecule has 1 fully saturated rings. The molecule has 0 aromatic heterocycles. The smallest absolute Gasteiger partial charge is 0.404 e. The lowest BCUT2D eigenvalue weighted by atomic mass is 10.2. The van der Waals surface area contributed by atoms with E-state index in [9.17, 15) is 26.4 Å². The Hall–Kier alpha value is -2.59. The first-order valence-corrected chi connectivity index (χ1v) is 9.87. The van der Waals surface area contributed by atoms with Gasteiger partial charge in [0, 0.05) is 18.7 Å². The van der Waals surface area contributed by atoms with E-state index in [0.29, 0.717) is 13.1 Å². The van der Waals surface area contributed by atoms with E-state index >= 15 is 0 Å². The van der Waals surface area contributed by atoms with Gasteiger partial charge in [0.05, 0.1) is 10.6 Å². The van der Waals surface area contributed by atoms with Crippen LogP contribution < -0.4 is 10.1 Å². The number of ether oxygens (including phenoxy) is 1. The molecule has 6 nitrogen and oxygen atoms in total. The van der Waals surface area contributed by atoms with Crippen molar-refractivity contribution in [1.29, 1.82) is 0 Å².